The molecule has 1 N–H and O–H groups in total. The summed E-state index contributed by atoms with van der Waals surface area (Å²) in [5.41, 5.74) is 1.45. The van der Waals surface area contributed by atoms with Gasteiger partial charge in [0.1, 0.15) is 0 Å². The number of halogens is 4. The number of rotatable bonds is 2. The van der Waals surface area contributed by atoms with Crippen molar-refractivity contribution in [1.82, 2.24) is 4.98 Å². The molecule has 2 aromatic rings. The molecule has 1 aromatic carbocycles. The first kappa shape index (κ1) is 13.1. The lowest BCUT2D eigenvalue weighted by molar-refractivity contribution is 0.467. The minimum absolute atomic E-state index is 0.334. The van der Waals surface area contributed by atoms with E-state index in [0.29, 0.717) is 11.8 Å². The molecule has 94 valence electrons. The van der Waals surface area contributed by atoms with Crippen molar-refractivity contribution >= 4 is 34.1 Å². The molecule has 0 fully saturated rings. The van der Waals surface area contributed by atoms with E-state index in [0.717, 1.165) is 9.13 Å². The molecule has 1 aromatic heterocycles. The normalized spacial score (nSPS) is 10.5. The van der Waals surface area contributed by atoms with Gasteiger partial charge in [-0.25, -0.2) is 8.78 Å². The van der Waals surface area contributed by atoms with Crippen LogP contribution in [0.3, 0.4) is 0 Å². The summed E-state index contributed by atoms with van der Waals surface area (Å²) in [7, 11) is 0. The van der Waals surface area contributed by atoms with Crippen LogP contribution in [0.15, 0.2) is 24.3 Å². The third kappa shape index (κ3) is 2.74. The second kappa shape index (κ2) is 5.13. The minimum atomic E-state index is -1.33. The Morgan fingerprint density at radius 2 is 1.83 bits per heavy atom. The molecular formula is C12H8F3IN2. The van der Waals surface area contributed by atoms with Gasteiger partial charge in [0.15, 0.2) is 17.5 Å². The second-order valence-electron chi connectivity index (χ2n) is 3.68. The number of nitrogens with one attached hydrogen (secondary N) is 1. The van der Waals surface area contributed by atoms with Gasteiger partial charge >= 0.3 is 0 Å². The fourth-order valence-corrected chi connectivity index (χ4v) is 1.88. The highest BCUT2D eigenvalue weighted by Crippen LogP contribution is 2.24. The minimum Gasteiger partial charge on any atom is -0.337 e. The predicted molar refractivity (Wildman–Crippen MR) is 71.3 cm³/mol. The average molecular weight is 364 g/mol. The summed E-state index contributed by atoms with van der Waals surface area (Å²) >= 11 is 2.10. The van der Waals surface area contributed by atoms with E-state index < -0.39 is 17.6 Å². The van der Waals surface area contributed by atoms with Crippen LogP contribution in [0.5, 0.6) is 0 Å². The molecule has 0 bridgehead atoms. The fraction of sp³-hybridized carbons (Fsp3) is 0.0833. The molecule has 2 nitrogen and oxygen atoms in total. The molecule has 18 heavy (non-hydrogen) atoms. The molecular weight excluding hydrogens is 356 g/mol. The van der Waals surface area contributed by atoms with Gasteiger partial charge < -0.3 is 5.32 Å². The highest BCUT2D eigenvalue weighted by molar-refractivity contribution is 14.1. The Hall–Kier alpha value is -1.31. The Bertz CT molecular complexity index is 602. The number of anilines is 2. The lowest BCUT2D eigenvalue weighted by Gasteiger charge is -2.10. The van der Waals surface area contributed by atoms with E-state index in [1.807, 2.05) is 19.1 Å². The van der Waals surface area contributed by atoms with Crippen molar-refractivity contribution in [3.8, 4) is 0 Å². The van der Waals surface area contributed by atoms with Crippen molar-refractivity contribution in [2.75, 3.05) is 5.32 Å². The van der Waals surface area contributed by atoms with Crippen LogP contribution in [0.4, 0.5) is 24.7 Å². The highest BCUT2D eigenvalue weighted by Gasteiger charge is 2.12. The van der Waals surface area contributed by atoms with Gasteiger partial charge in [0.2, 0.25) is 0 Å². The van der Waals surface area contributed by atoms with Crippen molar-refractivity contribution < 1.29 is 13.2 Å². The fourth-order valence-electron chi connectivity index (χ4n) is 1.39. The van der Waals surface area contributed by atoms with E-state index >= 15 is 0 Å². The van der Waals surface area contributed by atoms with Gasteiger partial charge in [-0.1, -0.05) is 6.07 Å². The van der Waals surface area contributed by atoms with Crippen molar-refractivity contribution in [2.24, 2.45) is 0 Å². The van der Waals surface area contributed by atoms with Crippen LogP contribution in [0, 0.1) is 28.1 Å². The molecule has 6 heteroatoms. The summed E-state index contributed by atoms with van der Waals surface area (Å²) in [5.74, 6) is -3.91. The molecule has 0 atom stereocenters. The average Bonchev–Trinajstić information content (AvgIpc) is 2.30. The number of pyridine rings is 1. The Kier molecular flexibility index (Phi) is 3.74. The van der Waals surface area contributed by atoms with Crippen molar-refractivity contribution in [2.45, 2.75) is 6.92 Å². The van der Waals surface area contributed by atoms with Gasteiger partial charge in [-0.05, 0) is 47.2 Å². The quantitative estimate of drug-likeness (QED) is 0.640. The van der Waals surface area contributed by atoms with Crippen LogP contribution in [0.1, 0.15) is 5.56 Å². The van der Waals surface area contributed by atoms with Crippen molar-refractivity contribution in [1.29, 1.82) is 0 Å². The lowest BCUT2D eigenvalue weighted by atomic mass is 10.2. The largest absolute Gasteiger partial charge is 0.337 e. The van der Waals surface area contributed by atoms with Gasteiger partial charge in [-0.3, -0.25) is 0 Å². The van der Waals surface area contributed by atoms with Crippen LogP contribution in [-0.2, 0) is 0 Å². The third-order valence-electron chi connectivity index (χ3n) is 2.34. The second-order valence-corrected chi connectivity index (χ2v) is 4.92. The smallest absolute Gasteiger partial charge is 0.251 e. The van der Waals surface area contributed by atoms with Gasteiger partial charge in [-0.2, -0.15) is 9.37 Å². The van der Waals surface area contributed by atoms with E-state index in [1.54, 1.807) is 6.07 Å². The van der Waals surface area contributed by atoms with Gasteiger partial charge in [0, 0.05) is 15.3 Å². The maximum absolute atomic E-state index is 13.4. The Morgan fingerprint density at radius 1 is 1.11 bits per heavy atom. The zero-order valence-corrected chi connectivity index (χ0v) is 11.4. The van der Waals surface area contributed by atoms with Crippen molar-refractivity contribution in [3.05, 3.63) is 51.0 Å². The maximum Gasteiger partial charge on any atom is 0.251 e. The summed E-state index contributed by atoms with van der Waals surface area (Å²) in [6, 6.07) is 5.95. The van der Waals surface area contributed by atoms with Crippen LogP contribution >= 0.6 is 22.6 Å². The topological polar surface area (TPSA) is 24.9 Å². The maximum atomic E-state index is 13.4. The Morgan fingerprint density at radius 3 is 2.56 bits per heavy atom. The van der Waals surface area contributed by atoms with E-state index in [2.05, 4.69) is 32.9 Å². The number of hydrogen-bond donors (Lipinski definition) is 1. The standard InChI is InChI=1S/C12H8F3IN2/c1-6-2-3-7(16)4-10(6)17-12-9(14)5-8(13)11(15)18-12/h2-5H,1H3,(H,17,18). The molecule has 0 amide bonds. The van der Waals surface area contributed by atoms with Gasteiger partial charge in [0.25, 0.3) is 5.95 Å². The molecule has 2 rings (SSSR count). The lowest BCUT2D eigenvalue weighted by Crippen LogP contribution is -2.02. The molecule has 0 aliphatic carbocycles. The number of benzene rings is 1. The van der Waals surface area contributed by atoms with E-state index in [-0.39, 0.29) is 5.82 Å². The van der Waals surface area contributed by atoms with Crippen LogP contribution in [-0.4, -0.2) is 4.98 Å². The van der Waals surface area contributed by atoms with E-state index in [9.17, 15) is 13.2 Å². The first-order chi connectivity index (χ1) is 8.47. The number of nitrogens with zero attached hydrogens (tertiary/aromatic N) is 1. The van der Waals surface area contributed by atoms with Crippen LogP contribution in [0.25, 0.3) is 0 Å². The Labute approximate surface area is 115 Å². The van der Waals surface area contributed by atoms with E-state index in [4.69, 9.17) is 0 Å². The third-order valence-corrected chi connectivity index (χ3v) is 3.01. The molecule has 0 unspecified atom stereocenters. The molecule has 0 saturated carbocycles. The summed E-state index contributed by atoms with van der Waals surface area (Å²) in [4.78, 5) is 3.21. The van der Waals surface area contributed by atoms with E-state index in [1.165, 1.54) is 0 Å². The molecule has 0 radical (unpaired) electrons. The zero-order valence-electron chi connectivity index (χ0n) is 9.27. The molecule has 0 saturated heterocycles. The SMILES string of the molecule is Cc1ccc(I)cc1Nc1nc(F)c(F)cc1F. The monoisotopic (exact) mass is 364 g/mol. The number of hydrogen-bond acceptors (Lipinski definition) is 2. The molecule has 0 aliphatic heterocycles. The summed E-state index contributed by atoms with van der Waals surface area (Å²) in [5, 5.41) is 2.65. The highest BCUT2D eigenvalue weighted by atomic mass is 127. The van der Waals surface area contributed by atoms with Crippen molar-refractivity contribution in [3.63, 3.8) is 0 Å². The van der Waals surface area contributed by atoms with Crippen LogP contribution in [0.2, 0.25) is 0 Å². The number of aromatic nitrogens is 1. The number of aryl methyl sites for hydroxylation is 1. The predicted octanol–water partition coefficient (Wildman–Crippen LogP) is 4.16. The first-order valence-electron chi connectivity index (χ1n) is 5.02. The van der Waals surface area contributed by atoms with Gasteiger partial charge in [0.05, 0.1) is 0 Å². The van der Waals surface area contributed by atoms with Gasteiger partial charge in [-0.15, -0.1) is 0 Å². The first-order valence-corrected chi connectivity index (χ1v) is 6.10. The molecule has 0 aliphatic rings. The summed E-state index contributed by atoms with van der Waals surface area (Å²) in [6.45, 7) is 1.82. The molecule has 1 heterocycles. The summed E-state index contributed by atoms with van der Waals surface area (Å²) in [6.07, 6.45) is 0. The Balaban J connectivity index is 2.40. The summed E-state index contributed by atoms with van der Waals surface area (Å²) < 4.78 is 40.0. The van der Waals surface area contributed by atoms with Crippen LogP contribution < -0.4 is 5.32 Å². The zero-order chi connectivity index (χ0) is 13.3. The molecule has 0 spiro atoms.